The molecule has 0 aromatic carbocycles. The lowest BCUT2D eigenvalue weighted by Crippen LogP contribution is -2.37. The Morgan fingerprint density at radius 1 is 0.436 bits per heavy atom. The first-order valence-electron chi connectivity index (χ1n) is 13.0. The molecule has 0 aliphatic heterocycles. The Balaban J connectivity index is 9.69. The second-order valence-corrected chi connectivity index (χ2v) is 26.4. The molecule has 0 amide bonds. The van der Waals surface area contributed by atoms with Gasteiger partial charge < -0.3 is 0 Å². The molecule has 0 heterocycles. The van der Waals surface area contributed by atoms with E-state index in [1.807, 2.05) is 0 Å². The van der Waals surface area contributed by atoms with Crippen molar-refractivity contribution < 1.29 is 0 Å². The molecule has 0 saturated heterocycles. The Bertz CT molecular complexity index is 897. The summed E-state index contributed by atoms with van der Waals surface area (Å²) < 4.78 is 38.1. The largest absolute Gasteiger partial charge is 0.521 e. The van der Waals surface area contributed by atoms with Crippen molar-refractivity contribution in [1.82, 2.24) is 51.3 Å². The Kier molecular flexibility index (Phi) is 14.6. The predicted octanol–water partition coefficient (Wildman–Crippen LogP) is 4.28. The summed E-state index contributed by atoms with van der Waals surface area (Å²) >= 11 is 0. The standard InChI is InChI=1S/C22H63N13P4/c1-22(2,3)23-36(24-37(27(4)5,28(6)7)29(8)9,25-38(30(10)11,31(12)13)32(14)15)26-39(33(16)17,34(18)19)35(20)21/h1-21H3/p+1. The minimum atomic E-state index is -3.07. The molecule has 0 aliphatic carbocycles. The van der Waals surface area contributed by atoms with Gasteiger partial charge in [0.1, 0.15) is 0 Å². The molecule has 0 unspecified atom stereocenters. The molecule has 0 radical (unpaired) electrons. The SMILES string of the molecule is CN(C)P(=NP(N=P(N(C)C)(N(C)C)N(C)C)(=[N+]=P(N(C)C)(N(C)C)N(C)C)NC(C)(C)C)(N(C)C)N(C)C. The van der Waals surface area contributed by atoms with Crippen molar-refractivity contribution in [2.45, 2.75) is 26.3 Å². The molecule has 236 valence electrons. The third kappa shape index (κ3) is 8.38. The summed E-state index contributed by atoms with van der Waals surface area (Å²) in [6, 6.07) is 0. The molecule has 0 aromatic heterocycles. The van der Waals surface area contributed by atoms with E-state index in [2.05, 4.69) is 195 Å². The van der Waals surface area contributed by atoms with Crippen molar-refractivity contribution in [3.63, 3.8) is 0 Å². The van der Waals surface area contributed by atoms with Gasteiger partial charge in [-0.2, -0.15) is 5.09 Å². The zero-order valence-corrected chi connectivity index (χ0v) is 32.7. The highest BCUT2D eigenvalue weighted by molar-refractivity contribution is 7.78. The Hall–Kier alpha value is 0.630. The molecule has 0 rings (SSSR count). The van der Waals surface area contributed by atoms with E-state index in [1.165, 1.54) is 0 Å². The fourth-order valence-electron chi connectivity index (χ4n) is 5.01. The van der Waals surface area contributed by atoms with Crippen LogP contribution in [0.2, 0.25) is 0 Å². The van der Waals surface area contributed by atoms with Crippen LogP contribution in [0.4, 0.5) is 0 Å². The van der Waals surface area contributed by atoms with Crippen molar-refractivity contribution in [1.29, 1.82) is 0 Å². The van der Waals surface area contributed by atoms with Crippen LogP contribution in [0.3, 0.4) is 0 Å². The molecule has 1 N–H and O–H groups in total. The predicted molar refractivity (Wildman–Crippen MR) is 181 cm³/mol. The highest BCUT2D eigenvalue weighted by Gasteiger charge is 2.49. The molecule has 0 spiro atoms. The second kappa shape index (κ2) is 14.4. The average molecular weight is 635 g/mol. The topological polar surface area (TPSA) is 80.0 Å². The van der Waals surface area contributed by atoms with Gasteiger partial charge in [0.25, 0.3) is 0 Å². The molecule has 39 heavy (non-hydrogen) atoms. The van der Waals surface area contributed by atoms with Crippen LogP contribution in [0.5, 0.6) is 0 Å². The van der Waals surface area contributed by atoms with Gasteiger partial charge in [-0.1, -0.05) is 4.17 Å². The third-order valence-electron chi connectivity index (χ3n) is 6.05. The maximum atomic E-state index is 5.94. The van der Waals surface area contributed by atoms with Gasteiger partial charge in [-0.05, 0) is 148 Å². The first kappa shape index (κ1) is 39.6. The molecule has 0 saturated carbocycles. The molecule has 0 atom stereocenters. The minimum Gasteiger partial charge on any atom is -0.252 e. The highest BCUT2D eigenvalue weighted by Crippen LogP contribution is 2.71. The van der Waals surface area contributed by atoms with Crippen molar-refractivity contribution in [3.05, 3.63) is 0 Å². The fraction of sp³-hybridized carbons (Fsp3) is 1.00. The summed E-state index contributed by atoms with van der Waals surface area (Å²) in [5.41, 5.74) is -0.313. The van der Waals surface area contributed by atoms with Crippen LogP contribution in [0.25, 0.3) is 0 Å². The average Bonchev–Trinajstić information content (AvgIpc) is 2.70. The van der Waals surface area contributed by atoms with Crippen LogP contribution in [0.1, 0.15) is 20.8 Å². The van der Waals surface area contributed by atoms with Crippen LogP contribution in [-0.4, -0.2) is 174 Å². The van der Waals surface area contributed by atoms with E-state index in [4.69, 9.17) is 13.2 Å². The maximum absolute atomic E-state index is 5.94. The van der Waals surface area contributed by atoms with Crippen molar-refractivity contribution in [2.75, 3.05) is 127 Å². The number of hydrogen-bond donors (Lipinski definition) is 1. The van der Waals surface area contributed by atoms with Crippen LogP contribution >= 0.6 is 30.0 Å². The lowest BCUT2D eigenvalue weighted by Gasteiger charge is -2.43. The van der Waals surface area contributed by atoms with Gasteiger partial charge in [0.2, 0.25) is 0 Å². The first-order chi connectivity index (χ1) is 17.3. The monoisotopic (exact) mass is 634 g/mol. The molecule has 0 aliphatic rings. The summed E-state index contributed by atoms with van der Waals surface area (Å²) in [7, 11) is 27.7. The minimum absolute atomic E-state index is 0.313. The molecule has 0 aromatic rings. The number of nitrogens with zero attached hydrogens (tertiary/aromatic N) is 12. The summed E-state index contributed by atoms with van der Waals surface area (Å²) in [5.74, 6) is 0. The van der Waals surface area contributed by atoms with Gasteiger partial charge in [0.05, 0.1) is 0 Å². The van der Waals surface area contributed by atoms with E-state index in [0.29, 0.717) is 0 Å². The van der Waals surface area contributed by atoms with Crippen LogP contribution in [-0.2, 0) is 0 Å². The van der Waals surface area contributed by atoms with Crippen LogP contribution in [0.15, 0.2) is 9.03 Å². The molecule has 17 heteroatoms. The van der Waals surface area contributed by atoms with Gasteiger partial charge in [-0.3, -0.25) is 28.0 Å². The summed E-state index contributed by atoms with van der Waals surface area (Å²) in [5, 5.41) is 3.98. The zero-order chi connectivity index (χ0) is 31.5. The quantitative estimate of drug-likeness (QED) is 0.248. The van der Waals surface area contributed by atoms with E-state index in [0.717, 1.165) is 0 Å². The molecule has 13 nitrogen and oxygen atoms in total. The third-order valence-corrected chi connectivity index (χ3v) is 22.6. The second-order valence-electron chi connectivity index (χ2n) is 12.4. The zero-order valence-electron chi connectivity index (χ0n) is 29.2. The van der Waals surface area contributed by atoms with Crippen molar-refractivity contribution in [2.24, 2.45) is 9.03 Å². The summed E-state index contributed by atoms with van der Waals surface area (Å²) in [6.07, 6.45) is 0. The smallest absolute Gasteiger partial charge is 0.252 e. The number of nitrogens with one attached hydrogen (secondary N) is 1. The molecule has 0 fully saturated rings. The van der Waals surface area contributed by atoms with Gasteiger partial charge in [-0.25, -0.2) is 14.0 Å². The van der Waals surface area contributed by atoms with Gasteiger partial charge >= 0.3 is 15.0 Å². The van der Waals surface area contributed by atoms with E-state index < -0.39 is 30.0 Å². The Labute approximate surface area is 243 Å². The van der Waals surface area contributed by atoms with Crippen LogP contribution < -0.4 is 9.26 Å². The first-order valence-corrected chi connectivity index (χ1v) is 19.5. The van der Waals surface area contributed by atoms with Gasteiger partial charge in [0.15, 0.2) is 15.0 Å². The lowest BCUT2D eigenvalue weighted by molar-refractivity contribution is 0.469. The Morgan fingerprint density at radius 3 is 0.821 bits per heavy atom. The van der Waals surface area contributed by atoms with Crippen molar-refractivity contribution >= 4 is 30.0 Å². The van der Waals surface area contributed by atoms with E-state index in [9.17, 15) is 0 Å². The van der Waals surface area contributed by atoms with Crippen molar-refractivity contribution in [3.8, 4) is 0 Å². The molecular weight excluding hydrogens is 570 g/mol. The highest BCUT2D eigenvalue weighted by atomic mass is 31.2. The molecule has 0 bridgehead atoms. The maximum Gasteiger partial charge on any atom is 0.521 e. The number of hydrogen-bond acceptors (Lipinski definition) is 0. The Morgan fingerprint density at radius 2 is 0.667 bits per heavy atom. The molecular formula is C22H64N13P4+. The fourth-order valence-corrected chi connectivity index (χ4v) is 24.1. The van der Waals surface area contributed by atoms with Gasteiger partial charge in [-0.15, -0.1) is 9.03 Å². The van der Waals surface area contributed by atoms with E-state index in [-0.39, 0.29) is 5.54 Å². The lowest BCUT2D eigenvalue weighted by atomic mass is 10.1. The van der Waals surface area contributed by atoms with E-state index >= 15 is 0 Å². The van der Waals surface area contributed by atoms with Crippen LogP contribution in [0, 0.1) is 0 Å². The normalized spacial score (nSPS) is 14.8. The summed E-state index contributed by atoms with van der Waals surface area (Å²) in [4.78, 5) is 0. The van der Waals surface area contributed by atoms with E-state index in [1.54, 1.807) is 0 Å². The van der Waals surface area contributed by atoms with Gasteiger partial charge in [0, 0.05) is 5.54 Å². The summed E-state index contributed by atoms with van der Waals surface area (Å²) in [6.45, 7) is 6.56. The number of rotatable bonds is 12.